The third-order valence-corrected chi connectivity index (χ3v) is 5.11. The van der Waals surface area contributed by atoms with Crippen LogP contribution < -0.4 is 5.32 Å². The summed E-state index contributed by atoms with van der Waals surface area (Å²) in [7, 11) is 0. The van der Waals surface area contributed by atoms with Crippen molar-refractivity contribution in [3.05, 3.63) is 70.2 Å². The van der Waals surface area contributed by atoms with Crippen LogP contribution in [0.5, 0.6) is 0 Å². The quantitative estimate of drug-likeness (QED) is 0.534. The van der Waals surface area contributed by atoms with Crippen LogP contribution in [0.25, 0.3) is 21.8 Å². The van der Waals surface area contributed by atoms with Crippen molar-refractivity contribution in [2.45, 2.75) is 6.54 Å². The van der Waals surface area contributed by atoms with Gasteiger partial charge in [0.25, 0.3) is 0 Å². The maximum Gasteiger partial charge on any atom is 0.223 e. The molecule has 4 nitrogen and oxygen atoms in total. The number of nitrogens with one attached hydrogen (secondary N) is 1. The molecular weight excluding hydrogens is 355 g/mol. The molecule has 0 bridgehead atoms. The minimum absolute atomic E-state index is 0.245. The van der Waals surface area contributed by atoms with Gasteiger partial charge in [-0.3, -0.25) is 0 Å². The molecule has 3 aromatic heterocycles. The van der Waals surface area contributed by atoms with Gasteiger partial charge in [0.15, 0.2) is 0 Å². The highest BCUT2D eigenvalue weighted by molar-refractivity contribution is 7.13. The van der Waals surface area contributed by atoms with Crippen molar-refractivity contribution in [1.82, 2.24) is 15.0 Å². The molecule has 0 fully saturated rings. The van der Waals surface area contributed by atoms with E-state index in [-0.39, 0.29) is 5.82 Å². The molecule has 3 heterocycles. The summed E-state index contributed by atoms with van der Waals surface area (Å²) >= 11 is 3.15. The Kier molecular flexibility index (Phi) is 4.49. The molecule has 1 N–H and O–H groups in total. The fourth-order valence-corrected chi connectivity index (χ4v) is 3.71. The molecule has 7 heteroatoms. The van der Waals surface area contributed by atoms with E-state index in [2.05, 4.69) is 25.6 Å². The second-order valence-corrected chi connectivity index (χ2v) is 6.92. The van der Waals surface area contributed by atoms with Crippen LogP contribution in [-0.4, -0.2) is 15.0 Å². The highest BCUT2D eigenvalue weighted by atomic mass is 32.1. The molecular formula is C18H13FN4S2. The van der Waals surface area contributed by atoms with E-state index in [0.29, 0.717) is 18.1 Å². The zero-order valence-electron chi connectivity index (χ0n) is 13.0. The van der Waals surface area contributed by atoms with Gasteiger partial charge < -0.3 is 5.32 Å². The molecule has 0 aliphatic heterocycles. The highest BCUT2D eigenvalue weighted by Gasteiger charge is 2.14. The van der Waals surface area contributed by atoms with E-state index < -0.39 is 0 Å². The van der Waals surface area contributed by atoms with E-state index in [1.54, 1.807) is 35.9 Å². The summed E-state index contributed by atoms with van der Waals surface area (Å²) < 4.78 is 13.8. The summed E-state index contributed by atoms with van der Waals surface area (Å²) in [5.41, 5.74) is 3.35. The Morgan fingerprint density at radius 2 is 2.00 bits per heavy atom. The standard InChI is InChI=1S/C18H13FN4S2/c19-15-4-2-1-3-12(15)9-21-18-22-10-14(13-5-7-24-11-13)16(23-18)17-20-6-8-25-17/h1-8,10-11H,9H2,(H,21,22,23). The van der Waals surface area contributed by atoms with Gasteiger partial charge >= 0.3 is 0 Å². The number of thiophene rings is 1. The van der Waals surface area contributed by atoms with Crippen LogP contribution >= 0.6 is 22.7 Å². The van der Waals surface area contributed by atoms with Gasteiger partial charge in [-0.1, -0.05) is 18.2 Å². The van der Waals surface area contributed by atoms with Crippen molar-refractivity contribution in [3.8, 4) is 21.8 Å². The lowest BCUT2D eigenvalue weighted by Crippen LogP contribution is -2.06. The lowest BCUT2D eigenvalue weighted by Gasteiger charge is -2.09. The minimum Gasteiger partial charge on any atom is -0.350 e. The fourth-order valence-electron chi connectivity index (χ4n) is 2.42. The zero-order chi connectivity index (χ0) is 17.1. The van der Waals surface area contributed by atoms with Gasteiger partial charge in [-0.15, -0.1) is 11.3 Å². The Balaban J connectivity index is 1.66. The Labute approximate surface area is 152 Å². The van der Waals surface area contributed by atoms with Gasteiger partial charge in [0.1, 0.15) is 16.5 Å². The molecule has 0 aliphatic carbocycles. The van der Waals surface area contributed by atoms with Crippen LogP contribution in [0.4, 0.5) is 10.3 Å². The number of anilines is 1. The molecule has 4 aromatic rings. The summed E-state index contributed by atoms with van der Waals surface area (Å²) in [4.78, 5) is 13.4. The molecule has 25 heavy (non-hydrogen) atoms. The van der Waals surface area contributed by atoms with E-state index in [0.717, 1.165) is 21.8 Å². The van der Waals surface area contributed by atoms with Crippen LogP contribution in [0, 0.1) is 5.82 Å². The van der Waals surface area contributed by atoms with Gasteiger partial charge in [-0.05, 0) is 28.5 Å². The zero-order valence-corrected chi connectivity index (χ0v) is 14.6. The molecule has 0 saturated heterocycles. The predicted octanol–water partition coefficient (Wildman–Crippen LogP) is 5.08. The van der Waals surface area contributed by atoms with Crippen molar-refractivity contribution < 1.29 is 4.39 Å². The first-order valence-electron chi connectivity index (χ1n) is 7.58. The van der Waals surface area contributed by atoms with Crippen molar-refractivity contribution in [2.75, 3.05) is 5.32 Å². The predicted molar refractivity (Wildman–Crippen MR) is 100 cm³/mol. The summed E-state index contributed by atoms with van der Waals surface area (Å²) in [6, 6.07) is 8.70. The summed E-state index contributed by atoms with van der Waals surface area (Å²) in [5, 5.41) is 9.92. The third kappa shape index (κ3) is 3.42. The van der Waals surface area contributed by atoms with Crippen LogP contribution in [0.2, 0.25) is 0 Å². The van der Waals surface area contributed by atoms with Gasteiger partial charge in [-0.2, -0.15) is 11.3 Å². The molecule has 0 amide bonds. The molecule has 0 radical (unpaired) electrons. The Bertz CT molecular complexity index is 969. The number of thiazole rings is 1. The normalized spacial score (nSPS) is 10.8. The Morgan fingerprint density at radius 1 is 1.08 bits per heavy atom. The van der Waals surface area contributed by atoms with Crippen LogP contribution in [0.15, 0.2) is 58.9 Å². The molecule has 0 saturated carbocycles. The lowest BCUT2D eigenvalue weighted by molar-refractivity contribution is 0.612. The summed E-state index contributed by atoms with van der Waals surface area (Å²) in [5.74, 6) is 0.206. The average Bonchev–Trinajstić information content (AvgIpc) is 3.34. The van der Waals surface area contributed by atoms with Gasteiger partial charge in [0.05, 0.1) is 0 Å². The molecule has 124 valence electrons. The smallest absolute Gasteiger partial charge is 0.223 e. The van der Waals surface area contributed by atoms with E-state index in [1.165, 1.54) is 17.4 Å². The van der Waals surface area contributed by atoms with E-state index in [9.17, 15) is 4.39 Å². The number of hydrogen-bond acceptors (Lipinski definition) is 6. The minimum atomic E-state index is -0.245. The summed E-state index contributed by atoms with van der Waals surface area (Å²) in [6.07, 6.45) is 3.54. The van der Waals surface area contributed by atoms with Crippen molar-refractivity contribution in [3.63, 3.8) is 0 Å². The first-order valence-corrected chi connectivity index (χ1v) is 9.40. The average molecular weight is 368 g/mol. The van der Waals surface area contributed by atoms with Crippen LogP contribution in [0.1, 0.15) is 5.56 Å². The maximum absolute atomic E-state index is 13.8. The number of hydrogen-bond donors (Lipinski definition) is 1. The van der Waals surface area contributed by atoms with Gasteiger partial charge in [0.2, 0.25) is 5.95 Å². The van der Waals surface area contributed by atoms with Crippen molar-refractivity contribution in [1.29, 1.82) is 0 Å². The number of benzene rings is 1. The molecule has 0 unspecified atom stereocenters. The van der Waals surface area contributed by atoms with E-state index in [1.807, 2.05) is 22.9 Å². The molecule has 0 spiro atoms. The third-order valence-electron chi connectivity index (χ3n) is 3.65. The first-order chi connectivity index (χ1) is 12.3. The van der Waals surface area contributed by atoms with Crippen molar-refractivity contribution in [2.24, 2.45) is 0 Å². The molecule has 1 aromatic carbocycles. The van der Waals surface area contributed by atoms with E-state index in [4.69, 9.17) is 0 Å². The van der Waals surface area contributed by atoms with Crippen molar-refractivity contribution >= 4 is 28.6 Å². The highest BCUT2D eigenvalue weighted by Crippen LogP contribution is 2.33. The van der Waals surface area contributed by atoms with Gasteiger partial charge in [0, 0.05) is 35.4 Å². The number of halogens is 1. The van der Waals surface area contributed by atoms with Crippen LogP contribution in [0.3, 0.4) is 0 Å². The van der Waals surface area contributed by atoms with Crippen LogP contribution in [-0.2, 0) is 6.54 Å². The number of aromatic nitrogens is 3. The summed E-state index contributed by atoms with van der Waals surface area (Å²) in [6.45, 7) is 0.321. The van der Waals surface area contributed by atoms with Gasteiger partial charge in [-0.25, -0.2) is 19.3 Å². The second kappa shape index (κ2) is 7.08. The Hall–Kier alpha value is -2.64. The largest absolute Gasteiger partial charge is 0.350 e. The number of nitrogens with zero attached hydrogens (tertiary/aromatic N) is 3. The maximum atomic E-state index is 13.8. The monoisotopic (exact) mass is 368 g/mol. The molecule has 0 atom stereocenters. The first kappa shape index (κ1) is 15.9. The topological polar surface area (TPSA) is 50.7 Å². The SMILES string of the molecule is Fc1ccccc1CNc1ncc(-c2ccsc2)c(-c2nccs2)n1. The molecule has 0 aliphatic rings. The lowest BCUT2D eigenvalue weighted by atomic mass is 10.1. The van der Waals surface area contributed by atoms with E-state index >= 15 is 0 Å². The number of rotatable bonds is 5. The second-order valence-electron chi connectivity index (χ2n) is 5.25. The fraction of sp³-hybridized carbons (Fsp3) is 0.0556. The Morgan fingerprint density at radius 3 is 2.76 bits per heavy atom. The molecule has 4 rings (SSSR count).